The zero-order valence-electron chi connectivity index (χ0n) is 15.3. The molecular weight excluding hydrogens is 399 g/mol. The first-order chi connectivity index (χ1) is 14.3. The third-order valence-corrected chi connectivity index (χ3v) is 4.09. The number of anilines is 2. The SMILES string of the molecule is N#CCc1cccc(C(=O)Nc2ccc(NC(=O)c3ccoc3)cc2C(F)(F)F)c1. The van der Waals surface area contributed by atoms with E-state index in [-0.39, 0.29) is 23.2 Å². The molecule has 6 nitrogen and oxygen atoms in total. The monoisotopic (exact) mass is 413 g/mol. The average molecular weight is 413 g/mol. The van der Waals surface area contributed by atoms with Crippen molar-refractivity contribution in [3.63, 3.8) is 0 Å². The van der Waals surface area contributed by atoms with Crippen LogP contribution in [0.25, 0.3) is 0 Å². The Hall–Kier alpha value is -4.06. The van der Waals surface area contributed by atoms with E-state index in [4.69, 9.17) is 9.68 Å². The molecule has 0 saturated heterocycles. The van der Waals surface area contributed by atoms with Gasteiger partial charge < -0.3 is 15.1 Å². The van der Waals surface area contributed by atoms with Gasteiger partial charge in [0.05, 0.1) is 35.6 Å². The molecule has 1 aromatic heterocycles. The molecule has 2 aromatic carbocycles. The van der Waals surface area contributed by atoms with Gasteiger partial charge in [0.15, 0.2) is 0 Å². The Kier molecular flexibility index (Phi) is 5.88. The topological polar surface area (TPSA) is 95.1 Å². The number of amides is 2. The van der Waals surface area contributed by atoms with E-state index >= 15 is 0 Å². The summed E-state index contributed by atoms with van der Waals surface area (Å²) in [6, 6.07) is 12.4. The molecule has 3 aromatic rings. The molecule has 0 fully saturated rings. The molecule has 0 spiro atoms. The van der Waals surface area contributed by atoms with Crippen molar-refractivity contribution in [1.82, 2.24) is 0 Å². The van der Waals surface area contributed by atoms with E-state index in [1.807, 2.05) is 6.07 Å². The summed E-state index contributed by atoms with van der Waals surface area (Å²) >= 11 is 0. The predicted octanol–water partition coefficient (Wildman–Crippen LogP) is 4.87. The number of nitriles is 1. The standard InChI is InChI=1S/C21H14F3N3O3/c22-21(23,24)17-11-16(26-20(29)15-7-9-30-12-15)4-5-18(17)27-19(28)14-3-1-2-13(10-14)6-8-25/h1-5,7,9-12H,6H2,(H,26,29)(H,27,28). The predicted molar refractivity (Wildman–Crippen MR) is 102 cm³/mol. The summed E-state index contributed by atoms with van der Waals surface area (Å²) in [5.74, 6) is -1.39. The highest BCUT2D eigenvalue weighted by molar-refractivity contribution is 6.06. The molecule has 152 valence electrons. The van der Waals surface area contributed by atoms with Crippen molar-refractivity contribution in [2.24, 2.45) is 0 Å². The normalized spacial score (nSPS) is 10.9. The lowest BCUT2D eigenvalue weighted by molar-refractivity contribution is -0.136. The van der Waals surface area contributed by atoms with Gasteiger partial charge in [-0.3, -0.25) is 9.59 Å². The molecule has 3 rings (SSSR count). The van der Waals surface area contributed by atoms with E-state index in [0.717, 1.165) is 18.4 Å². The number of alkyl halides is 3. The number of benzene rings is 2. The van der Waals surface area contributed by atoms with Crippen LogP contribution in [0.5, 0.6) is 0 Å². The third kappa shape index (κ3) is 4.86. The van der Waals surface area contributed by atoms with Crippen LogP contribution in [0.4, 0.5) is 24.5 Å². The zero-order chi connectivity index (χ0) is 21.7. The largest absolute Gasteiger partial charge is 0.472 e. The molecule has 30 heavy (non-hydrogen) atoms. The zero-order valence-corrected chi connectivity index (χ0v) is 15.3. The summed E-state index contributed by atoms with van der Waals surface area (Å²) in [7, 11) is 0. The minimum Gasteiger partial charge on any atom is -0.472 e. The summed E-state index contributed by atoms with van der Waals surface area (Å²) in [5, 5.41) is 13.3. The number of hydrogen-bond donors (Lipinski definition) is 2. The van der Waals surface area contributed by atoms with E-state index in [9.17, 15) is 22.8 Å². The van der Waals surface area contributed by atoms with Crippen LogP contribution in [0.3, 0.4) is 0 Å². The number of rotatable bonds is 5. The van der Waals surface area contributed by atoms with Crippen molar-refractivity contribution in [2.75, 3.05) is 10.6 Å². The van der Waals surface area contributed by atoms with Crippen molar-refractivity contribution < 1.29 is 27.2 Å². The first-order valence-electron chi connectivity index (χ1n) is 8.60. The van der Waals surface area contributed by atoms with Crippen LogP contribution in [0, 0.1) is 11.3 Å². The van der Waals surface area contributed by atoms with Crippen LogP contribution in [0.2, 0.25) is 0 Å². The molecular formula is C21H14F3N3O3. The Morgan fingerprint density at radius 2 is 1.77 bits per heavy atom. The number of furan rings is 1. The van der Waals surface area contributed by atoms with E-state index < -0.39 is 29.2 Å². The first kappa shape index (κ1) is 20.7. The van der Waals surface area contributed by atoms with Gasteiger partial charge in [-0.2, -0.15) is 18.4 Å². The Balaban J connectivity index is 1.85. The van der Waals surface area contributed by atoms with Gasteiger partial charge in [-0.1, -0.05) is 12.1 Å². The highest BCUT2D eigenvalue weighted by Gasteiger charge is 2.34. The minimum atomic E-state index is -4.78. The second kappa shape index (κ2) is 8.53. The maximum atomic E-state index is 13.5. The number of carbonyl (C=O) groups excluding carboxylic acids is 2. The number of nitrogens with one attached hydrogen (secondary N) is 2. The fraction of sp³-hybridized carbons (Fsp3) is 0.0952. The van der Waals surface area contributed by atoms with Gasteiger partial charge in [0.25, 0.3) is 11.8 Å². The quantitative estimate of drug-likeness (QED) is 0.624. The number of nitrogens with zero attached hydrogens (tertiary/aromatic N) is 1. The maximum absolute atomic E-state index is 13.5. The van der Waals surface area contributed by atoms with Gasteiger partial charge >= 0.3 is 6.18 Å². The summed E-state index contributed by atoms with van der Waals surface area (Å²) in [6.45, 7) is 0. The van der Waals surface area contributed by atoms with E-state index in [0.29, 0.717) is 5.56 Å². The maximum Gasteiger partial charge on any atom is 0.418 e. The van der Waals surface area contributed by atoms with Crippen LogP contribution in [-0.4, -0.2) is 11.8 Å². The number of hydrogen-bond acceptors (Lipinski definition) is 4. The lowest BCUT2D eigenvalue weighted by Gasteiger charge is -2.16. The molecule has 0 bridgehead atoms. The molecule has 0 aliphatic carbocycles. The Labute approximate surface area is 168 Å². The van der Waals surface area contributed by atoms with Gasteiger partial charge in [0, 0.05) is 11.3 Å². The van der Waals surface area contributed by atoms with E-state index in [2.05, 4.69) is 10.6 Å². The van der Waals surface area contributed by atoms with Gasteiger partial charge in [-0.25, -0.2) is 0 Å². The van der Waals surface area contributed by atoms with Gasteiger partial charge in [-0.15, -0.1) is 0 Å². The minimum absolute atomic E-state index is 0.0694. The van der Waals surface area contributed by atoms with Crippen LogP contribution >= 0.6 is 0 Å². The lowest BCUT2D eigenvalue weighted by Crippen LogP contribution is -2.18. The Bertz CT molecular complexity index is 1120. The van der Waals surface area contributed by atoms with E-state index in [1.54, 1.807) is 12.1 Å². The summed E-state index contributed by atoms with van der Waals surface area (Å²) < 4.78 is 45.4. The fourth-order valence-electron chi connectivity index (χ4n) is 2.67. The number of halogens is 3. The van der Waals surface area contributed by atoms with Crippen molar-refractivity contribution in [3.05, 3.63) is 83.3 Å². The Morgan fingerprint density at radius 1 is 1.00 bits per heavy atom. The lowest BCUT2D eigenvalue weighted by atomic mass is 10.1. The summed E-state index contributed by atoms with van der Waals surface area (Å²) in [5.41, 5.74) is -0.832. The molecule has 0 unspecified atom stereocenters. The van der Waals surface area contributed by atoms with Crippen molar-refractivity contribution in [2.45, 2.75) is 12.6 Å². The van der Waals surface area contributed by atoms with Gasteiger partial charge in [-0.05, 0) is 42.0 Å². The second-order valence-electron chi connectivity index (χ2n) is 6.21. The molecule has 0 radical (unpaired) electrons. The number of carbonyl (C=O) groups is 2. The van der Waals surface area contributed by atoms with Gasteiger partial charge in [0.2, 0.25) is 0 Å². The highest BCUT2D eigenvalue weighted by atomic mass is 19.4. The summed E-state index contributed by atoms with van der Waals surface area (Å²) in [4.78, 5) is 24.5. The van der Waals surface area contributed by atoms with Crippen molar-refractivity contribution >= 4 is 23.2 Å². The van der Waals surface area contributed by atoms with Crippen LogP contribution in [-0.2, 0) is 12.6 Å². The van der Waals surface area contributed by atoms with Crippen LogP contribution in [0.15, 0.2) is 65.5 Å². The second-order valence-corrected chi connectivity index (χ2v) is 6.21. The Morgan fingerprint density at radius 3 is 2.43 bits per heavy atom. The fourth-order valence-corrected chi connectivity index (χ4v) is 2.67. The van der Waals surface area contributed by atoms with E-state index in [1.165, 1.54) is 30.5 Å². The molecule has 0 aliphatic rings. The molecule has 0 saturated carbocycles. The first-order valence-corrected chi connectivity index (χ1v) is 8.60. The molecule has 2 amide bonds. The highest BCUT2D eigenvalue weighted by Crippen LogP contribution is 2.37. The van der Waals surface area contributed by atoms with Crippen molar-refractivity contribution in [3.8, 4) is 6.07 Å². The summed E-state index contributed by atoms with van der Waals surface area (Å²) in [6.07, 6.45) is -2.28. The molecule has 1 heterocycles. The van der Waals surface area contributed by atoms with Crippen molar-refractivity contribution in [1.29, 1.82) is 5.26 Å². The van der Waals surface area contributed by atoms with Gasteiger partial charge in [0.1, 0.15) is 6.26 Å². The average Bonchev–Trinajstić information content (AvgIpc) is 3.24. The van der Waals surface area contributed by atoms with Crippen LogP contribution < -0.4 is 10.6 Å². The molecule has 9 heteroatoms. The third-order valence-electron chi connectivity index (χ3n) is 4.09. The smallest absolute Gasteiger partial charge is 0.418 e. The molecule has 0 atom stereocenters. The molecule has 2 N–H and O–H groups in total. The van der Waals surface area contributed by atoms with Crippen LogP contribution in [0.1, 0.15) is 31.8 Å². The molecule has 0 aliphatic heterocycles.